The van der Waals surface area contributed by atoms with Gasteiger partial charge in [0.2, 0.25) is 0 Å². The molecule has 3 aromatic rings. The molecular weight excluding hydrogens is 382 g/mol. The predicted octanol–water partition coefficient (Wildman–Crippen LogP) is 4.96. The number of hydrogen-bond acceptors (Lipinski definition) is 3. The number of hydrogen-bond donors (Lipinski definition) is 2. The van der Waals surface area contributed by atoms with E-state index in [-0.39, 0.29) is 10.9 Å². The van der Waals surface area contributed by atoms with Crippen molar-refractivity contribution in [1.82, 2.24) is 9.78 Å². The van der Waals surface area contributed by atoms with E-state index in [9.17, 15) is 8.78 Å². The summed E-state index contributed by atoms with van der Waals surface area (Å²) in [5, 5.41) is 10.6. The predicted molar refractivity (Wildman–Crippen MR) is 110 cm³/mol. The Hall–Kier alpha value is -3.00. The lowest BCUT2D eigenvalue weighted by atomic mass is 10.2. The van der Waals surface area contributed by atoms with Crippen molar-refractivity contribution in [2.24, 2.45) is 0 Å². The third-order valence-electron chi connectivity index (χ3n) is 4.00. The highest BCUT2D eigenvalue weighted by Gasteiger charge is 2.12. The van der Waals surface area contributed by atoms with Crippen LogP contribution < -0.4 is 15.4 Å². The summed E-state index contributed by atoms with van der Waals surface area (Å²) < 4.78 is 31.7. The number of halogens is 2. The smallest absolute Gasteiger partial charge is 0.387 e. The zero-order chi connectivity index (χ0) is 20.1. The molecule has 0 unspecified atom stereocenters. The average Bonchev–Trinajstić information content (AvgIpc) is 2.96. The summed E-state index contributed by atoms with van der Waals surface area (Å²) in [5.41, 5.74) is 3.25. The van der Waals surface area contributed by atoms with Crippen LogP contribution in [0.15, 0.2) is 54.6 Å². The lowest BCUT2D eigenvalue weighted by Crippen LogP contribution is -2.20. The summed E-state index contributed by atoms with van der Waals surface area (Å²) in [7, 11) is 0. The van der Waals surface area contributed by atoms with Crippen LogP contribution in [0.5, 0.6) is 5.75 Å². The van der Waals surface area contributed by atoms with Crippen LogP contribution in [0.1, 0.15) is 16.8 Å². The van der Waals surface area contributed by atoms with Gasteiger partial charge in [0.25, 0.3) is 0 Å². The van der Waals surface area contributed by atoms with Crippen LogP contribution in [0.3, 0.4) is 0 Å². The molecule has 0 bridgehead atoms. The first-order valence-corrected chi connectivity index (χ1v) is 9.03. The van der Waals surface area contributed by atoms with Gasteiger partial charge in [-0.25, -0.2) is 0 Å². The lowest BCUT2D eigenvalue weighted by Gasteiger charge is -2.14. The van der Waals surface area contributed by atoms with Gasteiger partial charge in [-0.15, -0.1) is 0 Å². The highest BCUT2D eigenvalue weighted by molar-refractivity contribution is 7.80. The molecule has 8 heteroatoms. The largest absolute Gasteiger partial charge is 0.433 e. The molecule has 0 amide bonds. The van der Waals surface area contributed by atoms with E-state index in [1.807, 2.05) is 48.0 Å². The maximum absolute atomic E-state index is 12.6. The molecule has 1 aromatic heterocycles. The Bertz CT molecular complexity index is 960. The Morgan fingerprint density at radius 2 is 1.86 bits per heavy atom. The first-order chi connectivity index (χ1) is 13.4. The molecule has 0 radical (unpaired) electrons. The Balaban J connectivity index is 1.68. The van der Waals surface area contributed by atoms with Crippen LogP contribution in [0.25, 0.3) is 0 Å². The summed E-state index contributed by atoms with van der Waals surface area (Å²) in [6.45, 7) is 1.46. The summed E-state index contributed by atoms with van der Waals surface area (Å²) >= 11 is 5.29. The summed E-state index contributed by atoms with van der Waals surface area (Å²) in [4.78, 5) is 0. The molecule has 0 saturated heterocycles. The molecular formula is C20H20F2N4OS. The number of nitrogens with zero attached hydrogens (tertiary/aromatic N) is 2. The number of ether oxygens (including phenoxy) is 1. The summed E-state index contributed by atoms with van der Waals surface area (Å²) in [6, 6.07) is 16.8. The monoisotopic (exact) mass is 402 g/mol. The van der Waals surface area contributed by atoms with E-state index in [0.717, 1.165) is 16.8 Å². The fourth-order valence-electron chi connectivity index (χ4n) is 2.68. The van der Waals surface area contributed by atoms with Gasteiger partial charge in [-0.2, -0.15) is 13.9 Å². The first kappa shape index (κ1) is 19.8. The minimum absolute atomic E-state index is 0.0323. The fraction of sp³-hybridized carbons (Fsp3) is 0.200. The molecule has 2 aromatic carbocycles. The maximum atomic E-state index is 12.6. The van der Waals surface area contributed by atoms with Crippen molar-refractivity contribution in [1.29, 1.82) is 0 Å². The van der Waals surface area contributed by atoms with E-state index in [1.165, 1.54) is 6.07 Å². The van der Waals surface area contributed by atoms with E-state index < -0.39 is 6.61 Å². The second-order valence-corrected chi connectivity index (χ2v) is 6.68. The maximum Gasteiger partial charge on any atom is 0.387 e. The zero-order valence-corrected chi connectivity index (χ0v) is 16.3. The van der Waals surface area contributed by atoms with Gasteiger partial charge in [0.1, 0.15) is 5.75 Å². The van der Waals surface area contributed by atoms with E-state index in [2.05, 4.69) is 20.5 Å². The van der Waals surface area contributed by atoms with Crippen LogP contribution in [-0.4, -0.2) is 21.5 Å². The molecule has 0 fully saturated rings. The minimum atomic E-state index is -2.92. The number of anilines is 2. The Morgan fingerprint density at radius 3 is 2.57 bits per heavy atom. The topological polar surface area (TPSA) is 51.1 Å². The lowest BCUT2D eigenvalue weighted by molar-refractivity contribution is -0.0493. The van der Waals surface area contributed by atoms with Crippen LogP contribution in [-0.2, 0) is 6.54 Å². The van der Waals surface area contributed by atoms with Gasteiger partial charge in [-0.1, -0.05) is 36.4 Å². The van der Waals surface area contributed by atoms with Gasteiger partial charge in [-0.3, -0.25) is 4.68 Å². The van der Waals surface area contributed by atoms with E-state index in [4.69, 9.17) is 12.2 Å². The average molecular weight is 402 g/mol. The normalized spacial score (nSPS) is 10.8. The van der Waals surface area contributed by atoms with Gasteiger partial charge >= 0.3 is 6.61 Å². The number of nitrogens with one attached hydrogen (secondary N) is 2. The first-order valence-electron chi connectivity index (χ1n) is 8.62. The second-order valence-electron chi connectivity index (χ2n) is 6.27. The molecule has 28 heavy (non-hydrogen) atoms. The Kier molecular flexibility index (Phi) is 6.20. The molecule has 2 N–H and O–H groups in total. The molecule has 5 nitrogen and oxygen atoms in total. The van der Waals surface area contributed by atoms with Crippen molar-refractivity contribution in [3.63, 3.8) is 0 Å². The summed E-state index contributed by atoms with van der Waals surface area (Å²) in [5.74, 6) is 0.597. The highest BCUT2D eigenvalue weighted by Crippen LogP contribution is 2.27. The van der Waals surface area contributed by atoms with Gasteiger partial charge in [-0.05, 0) is 49.3 Å². The fourth-order valence-corrected chi connectivity index (χ4v) is 2.90. The number of aryl methyl sites for hydroxylation is 2. The summed E-state index contributed by atoms with van der Waals surface area (Å²) in [6.07, 6.45) is 0. The molecule has 146 valence electrons. The third kappa shape index (κ3) is 5.26. The number of thiocarbonyl (C=S) groups is 1. The standard InChI is InChI=1S/C20H20F2N4OS/c1-13-8-9-16(17(10-13)27-19(21)22)23-20(28)24-18-11-14(2)26(25-18)12-15-6-4-3-5-7-15/h3-11,19H,12H2,1-2H3,(H2,23,24,25,28). The van der Waals surface area contributed by atoms with E-state index >= 15 is 0 Å². The molecule has 3 rings (SSSR count). The van der Waals surface area contributed by atoms with Gasteiger partial charge < -0.3 is 15.4 Å². The van der Waals surface area contributed by atoms with Crippen molar-refractivity contribution < 1.29 is 13.5 Å². The number of benzene rings is 2. The number of alkyl halides is 2. The second kappa shape index (κ2) is 8.79. The molecule has 0 saturated carbocycles. The van der Waals surface area contributed by atoms with Gasteiger partial charge in [0.15, 0.2) is 10.9 Å². The molecule has 0 spiro atoms. The molecule has 0 aliphatic carbocycles. The van der Waals surface area contributed by atoms with Crippen molar-refractivity contribution in [3.8, 4) is 5.75 Å². The van der Waals surface area contributed by atoms with Crippen LogP contribution >= 0.6 is 12.2 Å². The zero-order valence-electron chi connectivity index (χ0n) is 15.4. The van der Waals surface area contributed by atoms with E-state index in [0.29, 0.717) is 18.1 Å². The molecule has 0 aliphatic rings. The molecule has 0 aliphatic heterocycles. The Morgan fingerprint density at radius 1 is 1.11 bits per heavy atom. The highest BCUT2D eigenvalue weighted by atomic mass is 32.1. The molecule has 1 heterocycles. The quantitative estimate of drug-likeness (QED) is 0.571. The van der Waals surface area contributed by atoms with Crippen molar-refractivity contribution >= 4 is 28.8 Å². The van der Waals surface area contributed by atoms with Crippen LogP contribution in [0, 0.1) is 13.8 Å². The van der Waals surface area contributed by atoms with E-state index in [1.54, 1.807) is 19.1 Å². The van der Waals surface area contributed by atoms with Gasteiger partial charge in [0.05, 0.1) is 12.2 Å². The number of rotatable bonds is 6. The van der Waals surface area contributed by atoms with Crippen molar-refractivity contribution in [2.75, 3.05) is 10.6 Å². The van der Waals surface area contributed by atoms with Crippen molar-refractivity contribution in [2.45, 2.75) is 27.0 Å². The minimum Gasteiger partial charge on any atom is -0.433 e. The van der Waals surface area contributed by atoms with Gasteiger partial charge in [0, 0.05) is 11.8 Å². The SMILES string of the molecule is Cc1ccc(NC(=S)Nc2cc(C)n(Cc3ccccc3)n2)c(OC(F)F)c1. The van der Waals surface area contributed by atoms with Crippen molar-refractivity contribution in [3.05, 3.63) is 71.4 Å². The van der Waals surface area contributed by atoms with Crippen LogP contribution in [0.2, 0.25) is 0 Å². The number of aromatic nitrogens is 2. The molecule has 0 atom stereocenters. The Labute approximate surface area is 167 Å². The third-order valence-corrected chi connectivity index (χ3v) is 4.20. The van der Waals surface area contributed by atoms with Crippen LogP contribution in [0.4, 0.5) is 20.3 Å².